The van der Waals surface area contributed by atoms with E-state index in [1.807, 2.05) is 10.8 Å². The van der Waals surface area contributed by atoms with Crippen LogP contribution in [0.3, 0.4) is 0 Å². The molecule has 15 heavy (non-hydrogen) atoms. The van der Waals surface area contributed by atoms with Crippen LogP contribution in [0.1, 0.15) is 0 Å². The molecule has 0 unspecified atom stereocenters. The number of methoxy groups -OCH3 is 1. The van der Waals surface area contributed by atoms with Gasteiger partial charge in [0.1, 0.15) is 0 Å². The molecule has 0 aliphatic rings. The summed E-state index contributed by atoms with van der Waals surface area (Å²) in [5, 5.41) is 0. The van der Waals surface area contributed by atoms with Crippen LogP contribution in [0.5, 0.6) is 0 Å². The predicted molar refractivity (Wildman–Crippen MR) is 55.0 cm³/mol. The first-order valence-electron chi connectivity index (χ1n) is 4.44. The quantitative estimate of drug-likeness (QED) is 0.667. The van der Waals surface area contributed by atoms with Crippen LogP contribution in [-0.4, -0.2) is 41.2 Å². The number of hydrogen-bond donors (Lipinski definition) is 0. The Balaban J connectivity index is 2.31. The number of amides is 1. The molecule has 1 rings (SSSR count). The zero-order chi connectivity index (χ0) is 11.1. The number of carbonyl (C=O) groups excluding carboxylic acids is 1. The predicted octanol–water partition coefficient (Wildman–Crippen LogP) is 0.585. The number of aromatic nitrogens is 2. The van der Waals surface area contributed by atoms with E-state index in [1.165, 1.54) is 12.0 Å². The minimum Gasteiger partial charge on any atom is -0.453 e. The zero-order valence-electron chi connectivity index (χ0n) is 8.80. The van der Waals surface area contributed by atoms with Crippen molar-refractivity contribution >= 4 is 6.09 Å². The van der Waals surface area contributed by atoms with Gasteiger partial charge < -0.3 is 14.2 Å². The lowest BCUT2D eigenvalue weighted by molar-refractivity contribution is 0.138. The van der Waals surface area contributed by atoms with Crippen molar-refractivity contribution in [2.45, 2.75) is 6.54 Å². The number of hydrogen-bond acceptors (Lipinski definition) is 3. The van der Waals surface area contributed by atoms with Gasteiger partial charge in [-0.05, 0) is 0 Å². The highest BCUT2D eigenvalue weighted by Gasteiger charge is 2.04. The third-order valence-corrected chi connectivity index (χ3v) is 1.75. The Labute approximate surface area is 88.7 Å². The molecule has 0 aromatic carbocycles. The monoisotopic (exact) mass is 207 g/mol. The smallest absolute Gasteiger partial charge is 0.410 e. The first-order chi connectivity index (χ1) is 7.24. The first-order valence-corrected chi connectivity index (χ1v) is 4.44. The maximum Gasteiger partial charge on any atom is 0.410 e. The summed E-state index contributed by atoms with van der Waals surface area (Å²) in [5.41, 5.74) is 0. The van der Waals surface area contributed by atoms with Crippen molar-refractivity contribution in [3.8, 4) is 11.8 Å². The second kappa shape index (κ2) is 5.70. The highest BCUT2D eigenvalue weighted by Crippen LogP contribution is 1.86. The summed E-state index contributed by atoms with van der Waals surface area (Å²) in [7, 11) is 2.98. The van der Waals surface area contributed by atoms with E-state index in [2.05, 4.69) is 21.6 Å². The number of carbonyl (C=O) groups is 1. The standard InChI is InChI=1S/C10H13N3O2/c1-12(10(14)15-2)6-3-4-7-13-8-5-11-9-13/h5,8-9H,6-7H2,1-2H3. The van der Waals surface area contributed by atoms with Crippen LogP contribution >= 0.6 is 0 Å². The summed E-state index contributed by atoms with van der Waals surface area (Å²) < 4.78 is 6.37. The van der Waals surface area contributed by atoms with Crippen LogP contribution in [0.25, 0.3) is 0 Å². The van der Waals surface area contributed by atoms with Crippen molar-refractivity contribution < 1.29 is 9.53 Å². The van der Waals surface area contributed by atoms with Crippen LogP contribution in [-0.2, 0) is 11.3 Å². The fraction of sp³-hybridized carbons (Fsp3) is 0.400. The molecule has 0 bridgehead atoms. The minimum atomic E-state index is -0.382. The van der Waals surface area contributed by atoms with Crippen molar-refractivity contribution in [1.29, 1.82) is 0 Å². The van der Waals surface area contributed by atoms with Gasteiger partial charge in [0.15, 0.2) is 0 Å². The average Bonchev–Trinajstić information content (AvgIpc) is 2.75. The molecule has 1 aromatic heterocycles. The lowest BCUT2D eigenvalue weighted by Crippen LogP contribution is -2.26. The Hall–Kier alpha value is -1.96. The Kier molecular flexibility index (Phi) is 4.23. The van der Waals surface area contributed by atoms with E-state index in [4.69, 9.17) is 0 Å². The zero-order valence-corrected chi connectivity index (χ0v) is 8.80. The summed E-state index contributed by atoms with van der Waals surface area (Å²) in [6, 6.07) is 0. The van der Waals surface area contributed by atoms with Crippen LogP contribution in [0.2, 0.25) is 0 Å². The Morgan fingerprint density at radius 2 is 2.40 bits per heavy atom. The normalized spacial score (nSPS) is 8.93. The van der Waals surface area contributed by atoms with Crippen LogP contribution in [0.4, 0.5) is 4.79 Å². The summed E-state index contributed by atoms with van der Waals surface area (Å²) >= 11 is 0. The van der Waals surface area contributed by atoms with E-state index in [1.54, 1.807) is 19.6 Å². The summed E-state index contributed by atoms with van der Waals surface area (Å²) in [6.45, 7) is 0.941. The molecule has 0 atom stereocenters. The van der Waals surface area contributed by atoms with E-state index >= 15 is 0 Å². The van der Waals surface area contributed by atoms with Gasteiger partial charge in [0.2, 0.25) is 0 Å². The molecule has 0 radical (unpaired) electrons. The van der Waals surface area contributed by atoms with Crippen molar-refractivity contribution in [3.05, 3.63) is 18.7 Å². The Morgan fingerprint density at radius 3 is 3.00 bits per heavy atom. The summed E-state index contributed by atoms with van der Waals surface area (Å²) in [4.78, 5) is 16.2. The van der Waals surface area contributed by atoms with Crippen molar-refractivity contribution in [3.63, 3.8) is 0 Å². The van der Waals surface area contributed by atoms with Crippen LogP contribution < -0.4 is 0 Å². The second-order valence-electron chi connectivity index (χ2n) is 2.91. The third-order valence-electron chi connectivity index (χ3n) is 1.75. The van der Waals surface area contributed by atoms with Gasteiger partial charge in [-0.3, -0.25) is 0 Å². The highest BCUT2D eigenvalue weighted by molar-refractivity contribution is 5.67. The van der Waals surface area contributed by atoms with Gasteiger partial charge in [-0.15, -0.1) is 0 Å². The van der Waals surface area contributed by atoms with E-state index in [0.29, 0.717) is 13.1 Å². The van der Waals surface area contributed by atoms with Gasteiger partial charge in [0, 0.05) is 19.4 Å². The molecule has 0 N–H and O–H groups in total. The molecule has 1 heterocycles. The summed E-state index contributed by atoms with van der Waals surface area (Å²) in [6.07, 6.45) is 4.84. The number of rotatable bonds is 2. The van der Waals surface area contributed by atoms with E-state index in [0.717, 1.165) is 0 Å². The molecule has 0 spiro atoms. The highest BCUT2D eigenvalue weighted by atomic mass is 16.5. The molecule has 5 heteroatoms. The molecular formula is C10H13N3O2. The maximum absolute atomic E-state index is 11.0. The van der Waals surface area contributed by atoms with E-state index in [9.17, 15) is 4.79 Å². The van der Waals surface area contributed by atoms with Crippen molar-refractivity contribution in [2.75, 3.05) is 20.7 Å². The van der Waals surface area contributed by atoms with Gasteiger partial charge >= 0.3 is 6.09 Å². The van der Waals surface area contributed by atoms with Crippen molar-refractivity contribution in [2.24, 2.45) is 0 Å². The molecule has 0 saturated carbocycles. The van der Waals surface area contributed by atoms with Gasteiger partial charge in [0.25, 0.3) is 0 Å². The maximum atomic E-state index is 11.0. The molecule has 1 amide bonds. The lowest BCUT2D eigenvalue weighted by atomic mass is 10.5. The van der Waals surface area contributed by atoms with Crippen LogP contribution in [0.15, 0.2) is 18.7 Å². The molecule has 0 aliphatic carbocycles. The molecule has 0 fully saturated rings. The Bertz CT molecular complexity index is 362. The Morgan fingerprint density at radius 1 is 1.60 bits per heavy atom. The molecule has 0 aliphatic heterocycles. The van der Waals surface area contributed by atoms with Crippen molar-refractivity contribution in [1.82, 2.24) is 14.5 Å². The van der Waals surface area contributed by atoms with Gasteiger partial charge in [-0.2, -0.15) is 0 Å². The SMILES string of the molecule is COC(=O)N(C)CC#CCn1ccnc1. The number of imidazole rings is 1. The average molecular weight is 207 g/mol. The second-order valence-corrected chi connectivity index (χ2v) is 2.91. The lowest BCUT2D eigenvalue weighted by Gasteiger charge is -2.10. The van der Waals surface area contributed by atoms with Gasteiger partial charge in [-0.1, -0.05) is 11.8 Å². The van der Waals surface area contributed by atoms with Crippen LogP contribution in [0, 0.1) is 11.8 Å². The number of nitrogens with zero attached hydrogens (tertiary/aromatic N) is 3. The molecule has 0 saturated heterocycles. The van der Waals surface area contributed by atoms with E-state index < -0.39 is 0 Å². The fourth-order valence-corrected chi connectivity index (χ4v) is 0.922. The number of ether oxygens (including phenoxy) is 1. The third kappa shape index (κ3) is 3.73. The van der Waals surface area contributed by atoms with E-state index in [-0.39, 0.29) is 6.09 Å². The fourth-order valence-electron chi connectivity index (χ4n) is 0.922. The molecule has 5 nitrogen and oxygen atoms in total. The largest absolute Gasteiger partial charge is 0.453 e. The van der Waals surface area contributed by atoms with Gasteiger partial charge in [-0.25, -0.2) is 9.78 Å². The molecule has 1 aromatic rings. The topological polar surface area (TPSA) is 47.4 Å². The summed E-state index contributed by atoms with van der Waals surface area (Å²) in [5.74, 6) is 5.79. The van der Waals surface area contributed by atoms with Gasteiger partial charge in [0.05, 0.1) is 26.5 Å². The molecule has 80 valence electrons. The minimum absolute atomic E-state index is 0.362. The molecular weight excluding hydrogens is 194 g/mol. The first kappa shape index (κ1) is 11.1.